The van der Waals surface area contributed by atoms with Crippen LogP contribution in [0.2, 0.25) is 0 Å². The van der Waals surface area contributed by atoms with Crippen LogP contribution in [0.3, 0.4) is 0 Å². The van der Waals surface area contributed by atoms with Gasteiger partial charge in [0.25, 0.3) is 0 Å². The van der Waals surface area contributed by atoms with Gasteiger partial charge in [-0.25, -0.2) is 0 Å². The van der Waals surface area contributed by atoms with Gasteiger partial charge in [-0.05, 0) is 55.8 Å². The fraction of sp³-hybridized carbons (Fsp3) is 0.435. The van der Waals surface area contributed by atoms with Crippen LogP contribution in [-0.4, -0.2) is 34.7 Å². The van der Waals surface area contributed by atoms with E-state index in [0.29, 0.717) is 0 Å². The molecule has 0 aliphatic carbocycles. The van der Waals surface area contributed by atoms with E-state index in [1.807, 2.05) is 12.4 Å². The average molecular weight is 364 g/mol. The molecule has 142 valence electrons. The fourth-order valence-electron chi connectivity index (χ4n) is 4.17. The Balaban J connectivity index is 1.78. The number of rotatable bonds is 6. The first-order chi connectivity index (χ1) is 13.2. The fourth-order valence-corrected chi connectivity index (χ4v) is 4.17. The number of fused-ring (bicyclic) bond motifs is 3. The summed E-state index contributed by atoms with van der Waals surface area (Å²) in [4.78, 5) is 6.59. The summed E-state index contributed by atoms with van der Waals surface area (Å²) in [5, 5.41) is 1.40. The van der Waals surface area contributed by atoms with Gasteiger partial charge in [0.05, 0.1) is 6.54 Å². The van der Waals surface area contributed by atoms with E-state index in [1.165, 1.54) is 33.3 Å². The number of aromatic nitrogens is 2. The van der Waals surface area contributed by atoms with Crippen LogP contribution in [0.4, 0.5) is 0 Å². The maximum absolute atomic E-state index is 6.28. The quantitative estimate of drug-likeness (QED) is 0.646. The van der Waals surface area contributed by atoms with Gasteiger partial charge in [-0.3, -0.25) is 4.98 Å². The van der Waals surface area contributed by atoms with Crippen molar-refractivity contribution in [2.24, 2.45) is 0 Å². The van der Waals surface area contributed by atoms with Crippen LogP contribution >= 0.6 is 0 Å². The van der Waals surface area contributed by atoms with Crippen molar-refractivity contribution in [1.29, 1.82) is 0 Å². The smallest absolute Gasteiger partial charge is 0.100 e. The lowest BCUT2D eigenvalue weighted by Crippen LogP contribution is -2.28. The Labute approximate surface area is 161 Å². The van der Waals surface area contributed by atoms with Gasteiger partial charge in [-0.2, -0.15) is 0 Å². The first kappa shape index (κ1) is 18.2. The van der Waals surface area contributed by atoms with Gasteiger partial charge in [0.15, 0.2) is 0 Å². The van der Waals surface area contributed by atoms with E-state index in [2.05, 4.69) is 65.7 Å². The molecule has 0 N–H and O–H groups in total. The van der Waals surface area contributed by atoms with E-state index in [4.69, 9.17) is 4.74 Å². The molecule has 0 bridgehead atoms. The first-order valence-corrected chi connectivity index (χ1v) is 9.98. The predicted molar refractivity (Wildman–Crippen MR) is 110 cm³/mol. The summed E-state index contributed by atoms with van der Waals surface area (Å²) >= 11 is 0. The molecule has 3 aromatic rings. The molecule has 1 aromatic carbocycles. The zero-order valence-corrected chi connectivity index (χ0v) is 16.6. The number of hydrogen-bond acceptors (Lipinski definition) is 3. The Bertz CT molecular complexity index is 916. The van der Waals surface area contributed by atoms with Crippen molar-refractivity contribution >= 4 is 10.9 Å². The molecule has 1 aliphatic heterocycles. The zero-order valence-electron chi connectivity index (χ0n) is 16.6. The molecule has 0 radical (unpaired) electrons. The second kappa shape index (κ2) is 7.83. The molecule has 27 heavy (non-hydrogen) atoms. The summed E-state index contributed by atoms with van der Waals surface area (Å²) < 4.78 is 8.79. The Kier molecular flexibility index (Phi) is 5.28. The highest BCUT2D eigenvalue weighted by Gasteiger charge is 2.24. The van der Waals surface area contributed by atoms with Crippen molar-refractivity contribution in [2.45, 2.75) is 45.9 Å². The third kappa shape index (κ3) is 3.64. The maximum Gasteiger partial charge on any atom is 0.100 e. The van der Waals surface area contributed by atoms with Gasteiger partial charge in [0.2, 0.25) is 0 Å². The topological polar surface area (TPSA) is 30.3 Å². The third-order valence-corrected chi connectivity index (χ3v) is 5.55. The van der Waals surface area contributed by atoms with Crippen molar-refractivity contribution in [2.75, 3.05) is 20.2 Å². The predicted octanol–water partition coefficient (Wildman–Crippen LogP) is 4.50. The minimum Gasteiger partial charge on any atom is -0.372 e. The van der Waals surface area contributed by atoms with Crippen molar-refractivity contribution in [3.8, 4) is 0 Å². The van der Waals surface area contributed by atoms with Crippen molar-refractivity contribution in [3.63, 3.8) is 0 Å². The van der Waals surface area contributed by atoms with Crippen LogP contribution in [0.5, 0.6) is 0 Å². The van der Waals surface area contributed by atoms with Crippen LogP contribution in [0, 0.1) is 6.92 Å². The normalized spacial score (nSPS) is 15.8. The molecule has 0 amide bonds. The van der Waals surface area contributed by atoms with Crippen LogP contribution in [0.25, 0.3) is 10.9 Å². The summed E-state index contributed by atoms with van der Waals surface area (Å²) in [6.07, 6.45) is 5.89. The lowest BCUT2D eigenvalue weighted by Gasteiger charge is -2.26. The van der Waals surface area contributed by atoms with E-state index in [0.717, 1.165) is 39.1 Å². The number of aryl methyl sites for hydroxylation is 1. The number of likely N-dealkylation sites (N-methyl/N-ethyl adjacent to an activating group) is 1. The second-order valence-electron chi connectivity index (χ2n) is 7.68. The minimum atomic E-state index is 0.0496. The standard InChI is InChI=1S/C23H29N3O/c1-4-13-27-23(18-7-10-24-11-8-18)16-26-21-6-5-17(2)14-19(21)20-15-25(3)12-9-22(20)26/h5-8,10-11,14,23H,4,9,12-13,15-16H2,1-3H3. The number of benzene rings is 1. The molecule has 0 spiro atoms. The summed E-state index contributed by atoms with van der Waals surface area (Å²) in [5.41, 5.74) is 6.83. The number of hydrogen-bond donors (Lipinski definition) is 0. The molecule has 1 atom stereocenters. The Morgan fingerprint density at radius 3 is 2.78 bits per heavy atom. The van der Waals surface area contributed by atoms with Gasteiger partial charge in [-0.15, -0.1) is 0 Å². The molecule has 0 fully saturated rings. The van der Waals surface area contributed by atoms with Gasteiger partial charge >= 0.3 is 0 Å². The van der Waals surface area contributed by atoms with Gasteiger partial charge in [0, 0.05) is 55.1 Å². The number of pyridine rings is 1. The highest BCUT2D eigenvalue weighted by Crippen LogP contribution is 2.33. The summed E-state index contributed by atoms with van der Waals surface area (Å²) in [6.45, 7) is 8.10. The van der Waals surface area contributed by atoms with Crippen molar-refractivity contribution in [3.05, 3.63) is 65.1 Å². The highest BCUT2D eigenvalue weighted by molar-refractivity contribution is 5.86. The Morgan fingerprint density at radius 1 is 1.19 bits per heavy atom. The lowest BCUT2D eigenvalue weighted by atomic mass is 10.0. The van der Waals surface area contributed by atoms with Gasteiger partial charge in [-0.1, -0.05) is 18.6 Å². The highest BCUT2D eigenvalue weighted by atomic mass is 16.5. The molecule has 4 heteroatoms. The van der Waals surface area contributed by atoms with Gasteiger partial charge < -0.3 is 14.2 Å². The van der Waals surface area contributed by atoms with E-state index in [-0.39, 0.29) is 6.10 Å². The maximum atomic E-state index is 6.28. The molecular formula is C23H29N3O. The molecular weight excluding hydrogens is 334 g/mol. The van der Waals surface area contributed by atoms with Crippen molar-refractivity contribution in [1.82, 2.24) is 14.5 Å². The van der Waals surface area contributed by atoms with E-state index in [9.17, 15) is 0 Å². The van der Waals surface area contributed by atoms with Crippen LogP contribution in [0.1, 0.15) is 41.8 Å². The number of ether oxygens (including phenoxy) is 1. The van der Waals surface area contributed by atoms with Crippen LogP contribution < -0.4 is 0 Å². The van der Waals surface area contributed by atoms with Crippen molar-refractivity contribution < 1.29 is 4.74 Å². The lowest BCUT2D eigenvalue weighted by molar-refractivity contribution is 0.0410. The van der Waals surface area contributed by atoms with E-state index in [1.54, 1.807) is 0 Å². The molecule has 2 aromatic heterocycles. The molecule has 1 unspecified atom stereocenters. The van der Waals surface area contributed by atoms with E-state index >= 15 is 0 Å². The van der Waals surface area contributed by atoms with Gasteiger partial charge in [0.1, 0.15) is 6.10 Å². The summed E-state index contributed by atoms with van der Waals surface area (Å²) in [7, 11) is 2.21. The Morgan fingerprint density at radius 2 is 2.00 bits per heavy atom. The molecule has 0 saturated heterocycles. The summed E-state index contributed by atoms with van der Waals surface area (Å²) in [5.74, 6) is 0. The minimum absolute atomic E-state index is 0.0496. The average Bonchev–Trinajstić information content (AvgIpc) is 2.98. The molecule has 4 rings (SSSR count). The summed E-state index contributed by atoms with van der Waals surface area (Å²) in [6, 6.07) is 11.0. The third-order valence-electron chi connectivity index (χ3n) is 5.55. The zero-order chi connectivity index (χ0) is 18.8. The second-order valence-corrected chi connectivity index (χ2v) is 7.68. The molecule has 3 heterocycles. The monoisotopic (exact) mass is 363 g/mol. The van der Waals surface area contributed by atoms with Crippen LogP contribution in [0.15, 0.2) is 42.7 Å². The Hall–Kier alpha value is -2.17. The van der Waals surface area contributed by atoms with Crippen LogP contribution in [-0.2, 0) is 24.2 Å². The van der Waals surface area contributed by atoms with E-state index < -0.39 is 0 Å². The SMILES string of the molecule is CCCOC(Cn1c2c(c3cc(C)ccc31)CN(C)CC2)c1ccncc1. The number of nitrogens with zero attached hydrogens (tertiary/aromatic N) is 3. The molecule has 1 aliphatic rings. The first-order valence-electron chi connectivity index (χ1n) is 9.98. The largest absolute Gasteiger partial charge is 0.372 e. The molecule has 0 saturated carbocycles. The molecule has 4 nitrogen and oxygen atoms in total.